The minimum Gasteiger partial charge on any atom is -0.266 e. The zero-order valence-corrected chi connectivity index (χ0v) is 24.8. The van der Waals surface area contributed by atoms with Crippen molar-refractivity contribution < 1.29 is 0 Å². The average molecular weight is 538 g/mol. The second kappa shape index (κ2) is 12.9. The first-order valence-electron chi connectivity index (χ1n) is 14.6. The molecule has 0 bridgehead atoms. The lowest BCUT2D eigenvalue weighted by molar-refractivity contribution is 0.534. The number of hydrogen-bond donors (Lipinski definition) is 0. The van der Waals surface area contributed by atoms with E-state index < -0.39 is 0 Å². The van der Waals surface area contributed by atoms with Gasteiger partial charge in [0, 0.05) is 23.6 Å². The van der Waals surface area contributed by atoms with E-state index in [1.807, 2.05) is 18.3 Å². The third kappa shape index (κ3) is 6.69. The zero-order chi connectivity index (χ0) is 28.8. The molecule has 3 aromatic rings. The summed E-state index contributed by atoms with van der Waals surface area (Å²) < 4.78 is 0. The standard InChI is InChI=1S/C38H39N3/c1-6-30(16-15-27(3)40-38-28(4)36-13-9-8-12-35(36)25-39-38)32-21-23-34(24-22-32)33-19-17-31(18-20-33)29(5)41-37-14-10-7-11-26(37)2/h6-7,9-11,13-25,28,38H,8,12H2,1-5H3/b16-15-,30-6+,40-27+,41-29?. The van der Waals surface area contributed by atoms with Crippen molar-refractivity contribution in [1.82, 2.24) is 0 Å². The van der Waals surface area contributed by atoms with Crippen LogP contribution in [0, 0.1) is 12.8 Å². The van der Waals surface area contributed by atoms with E-state index in [4.69, 9.17) is 15.0 Å². The maximum absolute atomic E-state index is 4.94. The quantitative estimate of drug-likeness (QED) is 0.212. The van der Waals surface area contributed by atoms with Crippen LogP contribution < -0.4 is 0 Å². The highest BCUT2D eigenvalue weighted by atomic mass is 15.0. The van der Waals surface area contributed by atoms with E-state index in [2.05, 4.69) is 126 Å². The summed E-state index contributed by atoms with van der Waals surface area (Å²) in [5.74, 6) is 0.307. The van der Waals surface area contributed by atoms with Gasteiger partial charge in [-0.05, 0) is 97.2 Å². The minimum absolute atomic E-state index is 0.0570. The van der Waals surface area contributed by atoms with E-state index in [9.17, 15) is 0 Å². The Morgan fingerprint density at radius 1 is 0.878 bits per heavy atom. The second-order valence-corrected chi connectivity index (χ2v) is 10.9. The Kier molecular flexibility index (Phi) is 8.84. The van der Waals surface area contributed by atoms with Crippen molar-refractivity contribution in [2.45, 2.75) is 53.6 Å². The zero-order valence-electron chi connectivity index (χ0n) is 24.8. The topological polar surface area (TPSA) is 37.1 Å². The Morgan fingerprint density at radius 2 is 1.56 bits per heavy atom. The number of rotatable bonds is 7. The lowest BCUT2D eigenvalue weighted by Crippen LogP contribution is -2.23. The summed E-state index contributed by atoms with van der Waals surface area (Å²) in [6, 6.07) is 25.7. The van der Waals surface area contributed by atoms with Crippen molar-refractivity contribution in [3.8, 4) is 11.1 Å². The fraction of sp³-hybridized carbons (Fsp3) is 0.237. The van der Waals surface area contributed by atoms with Crippen molar-refractivity contribution in [3.05, 3.63) is 131 Å². The molecular weight excluding hydrogens is 498 g/mol. The smallest absolute Gasteiger partial charge is 0.146 e. The van der Waals surface area contributed by atoms with Crippen LogP contribution in [0.1, 0.15) is 57.2 Å². The molecule has 0 saturated heterocycles. The van der Waals surface area contributed by atoms with Crippen LogP contribution in [-0.2, 0) is 0 Å². The maximum Gasteiger partial charge on any atom is 0.146 e. The van der Waals surface area contributed by atoms with Gasteiger partial charge in [-0.25, -0.2) is 0 Å². The molecule has 0 amide bonds. The highest BCUT2D eigenvalue weighted by molar-refractivity contribution is 6.00. The summed E-state index contributed by atoms with van der Waals surface area (Å²) >= 11 is 0. The van der Waals surface area contributed by atoms with Crippen LogP contribution in [0.25, 0.3) is 16.7 Å². The van der Waals surface area contributed by atoms with Crippen molar-refractivity contribution in [2.24, 2.45) is 20.9 Å². The number of aryl methyl sites for hydroxylation is 1. The molecule has 0 spiro atoms. The molecule has 1 aliphatic carbocycles. The first-order chi connectivity index (χ1) is 19.9. The Bertz CT molecular complexity index is 1610. The lowest BCUT2D eigenvalue weighted by Gasteiger charge is -2.27. The Labute approximate surface area is 245 Å². The summed E-state index contributed by atoms with van der Waals surface area (Å²) in [6.07, 6.45) is 15.1. The molecule has 3 heteroatoms. The summed E-state index contributed by atoms with van der Waals surface area (Å²) in [5.41, 5.74) is 12.8. The molecule has 2 unspecified atom stereocenters. The van der Waals surface area contributed by atoms with Gasteiger partial charge in [-0.2, -0.15) is 0 Å². The molecule has 0 radical (unpaired) electrons. The molecule has 2 aliphatic rings. The van der Waals surface area contributed by atoms with Gasteiger partial charge < -0.3 is 0 Å². The SMILES string of the molecule is C\C=C(/C=C\C(C)=N\C1N=CC2=C(C=CCC2)C1C)c1ccc(-c2ccc(C(C)=Nc3ccccc3C)cc2)cc1. The summed E-state index contributed by atoms with van der Waals surface area (Å²) in [6.45, 7) is 10.5. The normalized spacial score (nSPS) is 19.7. The van der Waals surface area contributed by atoms with Crippen molar-refractivity contribution in [3.63, 3.8) is 0 Å². The number of benzene rings is 3. The Balaban J connectivity index is 1.25. The Hall–Kier alpha value is -4.37. The highest BCUT2D eigenvalue weighted by Crippen LogP contribution is 2.31. The van der Waals surface area contributed by atoms with Gasteiger partial charge in [0.15, 0.2) is 0 Å². The average Bonchev–Trinajstić information content (AvgIpc) is 3.00. The van der Waals surface area contributed by atoms with Gasteiger partial charge >= 0.3 is 0 Å². The van der Waals surface area contributed by atoms with E-state index in [1.54, 1.807) is 0 Å². The van der Waals surface area contributed by atoms with Crippen LogP contribution in [0.2, 0.25) is 0 Å². The fourth-order valence-electron chi connectivity index (χ4n) is 5.40. The van der Waals surface area contributed by atoms with Gasteiger partial charge in [0.1, 0.15) is 6.17 Å². The molecule has 0 saturated carbocycles. The number of para-hydroxylation sites is 1. The van der Waals surface area contributed by atoms with Crippen LogP contribution >= 0.6 is 0 Å². The largest absolute Gasteiger partial charge is 0.266 e. The van der Waals surface area contributed by atoms with E-state index in [1.165, 1.54) is 39.0 Å². The fourth-order valence-corrected chi connectivity index (χ4v) is 5.40. The van der Waals surface area contributed by atoms with Gasteiger partial charge in [-0.1, -0.05) is 98.0 Å². The molecule has 0 fully saturated rings. The molecule has 1 aliphatic heterocycles. The number of hydrogen-bond acceptors (Lipinski definition) is 3. The lowest BCUT2D eigenvalue weighted by atomic mass is 9.86. The molecule has 0 N–H and O–H groups in total. The third-order valence-electron chi connectivity index (χ3n) is 7.98. The first-order valence-corrected chi connectivity index (χ1v) is 14.6. The highest BCUT2D eigenvalue weighted by Gasteiger charge is 2.24. The van der Waals surface area contributed by atoms with E-state index >= 15 is 0 Å². The van der Waals surface area contributed by atoms with E-state index in [0.29, 0.717) is 5.92 Å². The molecule has 41 heavy (non-hydrogen) atoms. The van der Waals surface area contributed by atoms with Crippen LogP contribution in [0.3, 0.4) is 0 Å². The molecule has 3 aromatic carbocycles. The van der Waals surface area contributed by atoms with E-state index in [0.717, 1.165) is 35.5 Å². The van der Waals surface area contributed by atoms with Gasteiger partial charge in [0.2, 0.25) is 0 Å². The number of nitrogens with zero attached hydrogens (tertiary/aromatic N) is 3. The van der Waals surface area contributed by atoms with Gasteiger partial charge in [-0.3, -0.25) is 15.0 Å². The molecular formula is C38H39N3. The number of dihydropyridines is 1. The molecule has 5 rings (SSSR count). The van der Waals surface area contributed by atoms with Crippen LogP contribution in [0.4, 0.5) is 5.69 Å². The van der Waals surface area contributed by atoms with Crippen molar-refractivity contribution in [2.75, 3.05) is 0 Å². The van der Waals surface area contributed by atoms with Gasteiger partial charge in [-0.15, -0.1) is 0 Å². The summed E-state index contributed by atoms with van der Waals surface area (Å²) in [4.78, 5) is 14.5. The maximum atomic E-state index is 4.94. The summed E-state index contributed by atoms with van der Waals surface area (Å²) in [5, 5.41) is 0. The molecule has 1 heterocycles. The van der Waals surface area contributed by atoms with Crippen LogP contribution in [0.15, 0.2) is 129 Å². The second-order valence-electron chi connectivity index (χ2n) is 10.9. The van der Waals surface area contributed by atoms with Gasteiger partial charge in [0.05, 0.1) is 5.69 Å². The molecule has 3 nitrogen and oxygen atoms in total. The molecule has 2 atom stereocenters. The monoisotopic (exact) mass is 537 g/mol. The first kappa shape index (κ1) is 28.2. The number of aliphatic imine (C=N–C) groups is 3. The van der Waals surface area contributed by atoms with Crippen molar-refractivity contribution >= 4 is 28.9 Å². The number of allylic oxidation sites excluding steroid dienone is 7. The molecule has 0 aromatic heterocycles. The minimum atomic E-state index is -0.0570. The predicted molar refractivity (Wildman–Crippen MR) is 178 cm³/mol. The summed E-state index contributed by atoms with van der Waals surface area (Å²) in [7, 11) is 0. The van der Waals surface area contributed by atoms with Crippen LogP contribution in [-0.4, -0.2) is 23.8 Å². The van der Waals surface area contributed by atoms with Crippen LogP contribution in [0.5, 0.6) is 0 Å². The van der Waals surface area contributed by atoms with Crippen molar-refractivity contribution in [1.29, 1.82) is 0 Å². The molecule has 206 valence electrons. The predicted octanol–water partition coefficient (Wildman–Crippen LogP) is 9.92. The van der Waals surface area contributed by atoms with E-state index in [-0.39, 0.29) is 6.17 Å². The Morgan fingerprint density at radius 3 is 2.24 bits per heavy atom. The third-order valence-corrected chi connectivity index (χ3v) is 7.98. The van der Waals surface area contributed by atoms with Gasteiger partial charge in [0.25, 0.3) is 0 Å².